The van der Waals surface area contributed by atoms with Crippen LogP contribution in [-0.2, 0) is 11.2 Å². The van der Waals surface area contributed by atoms with Crippen LogP contribution in [0.4, 0.5) is 5.82 Å². The van der Waals surface area contributed by atoms with E-state index in [2.05, 4.69) is 20.6 Å². The lowest BCUT2D eigenvalue weighted by Crippen LogP contribution is -2.29. The van der Waals surface area contributed by atoms with E-state index >= 15 is 0 Å². The van der Waals surface area contributed by atoms with Gasteiger partial charge in [0.1, 0.15) is 12.4 Å². The number of aromatic nitrogens is 2. The molecule has 0 spiro atoms. The van der Waals surface area contributed by atoms with Crippen LogP contribution in [0, 0.1) is 6.92 Å². The number of hydrogen-bond acceptors (Lipinski definition) is 6. The number of nitrogens with zero attached hydrogens (tertiary/aromatic N) is 2. The Hall–Kier alpha value is -3.65. The van der Waals surface area contributed by atoms with Crippen LogP contribution in [0.3, 0.4) is 0 Å². The van der Waals surface area contributed by atoms with Crippen molar-refractivity contribution < 1.29 is 19.4 Å². The fourth-order valence-corrected chi connectivity index (χ4v) is 3.32. The summed E-state index contributed by atoms with van der Waals surface area (Å²) in [4.78, 5) is 31.6. The zero-order valence-electron chi connectivity index (χ0n) is 17.7. The van der Waals surface area contributed by atoms with E-state index in [9.17, 15) is 9.59 Å². The van der Waals surface area contributed by atoms with Crippen LogP contribution in [0.1, 0.15) is 21.5 Å². The van der Waals surface area contributed by atoms with Crippen LogP contribution in [0.25, 0.3) is 11.3 Å². The number of aryl methyl sites for hydroxylation is 1. The second kappa shape index (κ2) is 10.6. The monoisotopic (exact) mass is 454 g/mol. The van der Waals surface area contributed by atoms with Crippen molar-refractivity contribution in [3.8, 4) is 17.3 Å². The van der Waals surface area contributed by atoms with Crippen LogP contribution < -0.4 is 15.4 Å². The fraction of sp³-hybridized carbons (Fsp3) is 0.217. The van der Waals surface area contributed by atoms with Gasteiger partial charge in [-0.15, -0.1) is 0 Å². The Balaban J connectivity index is 1.76. The van der Waals surface area contributed by atoms with Crippen molar-refractivity contribution in [2.24, 2.45) is 0 Å². The van der Waals surface area contributed by atoms with Gasteiger partial charge in [-0.25, -0.2) is 0 Å². The molecular formula is C23H23ClN4O4. The number of anilines is 1. The summed E-state index contributed by atoms with van der Waals surface area (Å²) in [5, 5.41) is 15.1. The van der Waals surface area contributed by atoms with Gasteiger partial charge in [-0.3, -0.25) is 9.59 Å². The van der Waals surface area contributed by atoms with Gasteiger partial charge in [0.2, 0.25) is 0 Å². The lowest BCUT2D eigenvalue weighted by molar-refractivity contribution is -0.135. The second-order valence-electron chi connectivity index (χ2n) is 7.03. The average Bonchev–Trinajstić information content (AvgIpc) is 2.78. The van der Waals surface area contributed by atoms with Crippen molar-refractivity contribution in [1.82, 2.24) is 15.3 Å². The number of amides is 1. The zero-order chi connectivity index (χ0) is 23.1. The molecular weight excluding hydrogens is 432 g/mol. The first-order valence-corrected chi connectivity index (χ1v) is 10.3. The van der Waals surface area contributed by atoms with Gasteiger partial charge in [-0.2, -0.15) is 9.97 Å². The van der Waals surface area contributed by atoms with E-state index in [0.29, 0.717) is 34.2 Å². The fourth-order valence-electron chi connectivity index (χ4n) is 3.10. The number of rotatable bonds is 9. The quantitative estimate of drug-likeness (QED) is 0.452. The van der Waals surface area contributed by atoms with Gasteiger partial charge in [0.25, 0.3) is 5.91 Å². The summed E-state index contributed by atoms with van der Waals surface area (Å²) in [6.07, 6.45) is 0.782. The summed E-state index contributed by atoms with van der Waals surface area (Å²) in [5.41, 5.74) is 3.87. The summed E-state index contributed by atoms with van der Waals surface area (Å²) in [5.74, 6) is -1.01. The number of carbonyl (C=O) groups is 2. The molecule has 0 aliphatic rings. The van der Waals surface area contributed by atoms with Crippen LogP contribution in [0.2, 0.25) is 5.02 Å². The van der Waals surface area contributed by atoms with Gasteiger partial charge in [-0.1, -0.05) is 29.8 Å². The van der Waals surface area contributed by atoms with Gasteiger partial charge in [0.15, 0.2) is 0 Å². The van der Waals surface area contributed by atoms with Crippen LogP contribution >= 0.6 is 11.6 Å². The van der Waals surface area contributed by atoms with E-state index < -0.39 is 18.4 Å². The highest BCUT2D eigenvalue weighted by molar-refractivity contribution is 6.30. The third-order valence-electron chi connectivity index (χ3n) is 4.71. The van der Waals surface area contributed by atoms with E-state index in [1.165, 1.54) is 12.7 Å². The van der Waals surface area contributed by atoms with E-state index in [1.807, 2.05) is 25.1 Å². The van der Waals surface area contributed by atoms with Gasteiger partial charge < -0.3 is 20.5 Å². The van der Waals surface area contributed by atoms with Crippen LogP contribution in [0.15, 0.2) is 48.5 Å². The lowest BCUT2D eigenvalue weighted by Gasteiger charge is -2.11. The molecule has 3 N–H and O–H groups in total. The maximum Gasteiger partial charge on any atom is 0.322 e. The molecule has 0 saturated carbocycles. The number of aliphatic carboxylic acids is 1. The number of carbonyl (C=O) groups excluding carboxylic acids is 1. The number of carboxylic acids is 1. The molecule has 1 heterocycles. The second-order valence-corrected chi connectivity index (χ2v) is 7.47. The number of hydrogen-bond donors (Lipinski definition) is 3. The first kappa shape index (κ1) is 23.0. The average molecular weight is 455 g/mol. The van der Waals surface area contributed by atoms with E-state index in [1.54, 1.807) is 30.3 Å². The molecule has 0 radical (unpaired) electrons. The Kier molecular flexibility index (Phi) is 7.62. The normalized spacial score (nSPS) is 10.5. The molecule has 0 unspecified atom stereocenters. The van der Waals surface area contributed by atoms with Crippen molar-refractivity contribution >= 4 is 29.3 Å². The number of methoxy groups -OCH3 is 1. The van der Waals surface area contributed by atoms with E-state index in [-0.39, 0.29) is 6.01 Å². The number of carboxylic acid groups (broad SMARTS) is 1. The molecule has 9 heteroatoms. The number of ether oxygens (including phenoxy) is 1. The minimum Gasteiger partial charge on any atom is -0.480 e. The van der Waals surface area contributed by atoms with Gasteiger partial charge >= 0.3 is 12.0 Å². The van der Waals surface area contributed by atoms with Crippen molar-refractivity contribution in [1.29, 1.82) is 0 Å². The molecule has 0 saturated heterocycles. The molecule has 1 amide bonds. The molecule has 32 heavy (non-hydrogen) atoms. The highest BCUT2D eigenvalue weighted by Crippen LogP contribution is 2.23. The molecule has 166 valence electrons. The standard InChI is InChI=1S/C23H23ClN4O4/c1-14-10-18(24)7-6-15(14)8-9-25-20-12-19(27-23(28-20)32-2)16-4-3-5-17(11-16)22(31)26-13-21(29)30/h3-7,10-12H,8-9,13H2,1-2H3,(H,26,31)(H,29,30)(H,25,27,28). The Labute approximate surface area is 190 Å². The number of halogens is 1. The first-order valence-electron chi connectivity index (χ1n) is 9.88. The Bertz CT molecular complexity index is 1140. The lowest BCUT2D eigenvalue weighted by atomic mass is 10.1. The summed E-state index contributed by atoms with van der Waals surface area (Å²) in [7, 11) is 1.48. The summed E-state index contributed by atoms with van der Waals surface area (Å²) < 4.78 is 5.24. The SMILES string of the molecule is COc1nc(NCCc2ccc(Cl)cc2C)cc(-c2cccc(C(=O)NCC(=O)O)c2)n1. The zero-order valence-corrected chi connectivity index (χ0v) is 18.4. The van der Waals surface area contributed by atoms with Gasteiger partial charge in [-0.05, 0) is 48.7 Å². The first-order chi connectivity index (χ1) is 15.4. The molecule has 3 rings (SSSR count). The smallest absolute Gasteiger partial charge is 0.322 e. The predicted molar refractivity (Wildman–Crippen MR) is 122 cm³/mol. The van der Waals surface area contributed by atoms with Crippen molar-refractivity contribution in [3.05, 3.63) is 70.2 Å². The molecule has 0 atom stereocenters. The van der Waals surface area contributed by atoms with Crippen molar-refractivity contribution in [3.63, 3.8) is 0 Å². The highest BCUT2D eigenvalue weighted by Gasteiger charge is 2.12. The largest absolute Gasteiger partial charge is 0.480 e. The molecule has 0 aliphatic heterocycles. The summed E-state index contributed by atoms with van der Waals surface area (Å²) >= 11 is 6.02. The predicted octanol–water partition coefficient (Wildman–Crippen LogP) is 3.58. The maximum absolute atomic E-state index is 12.2. The molecule has 3 aromatic rings. The molecule has 1 aromatic heterocycles. The Morgan fingerprint density at radius 1 is 1.12 bits per heavy atom. The Morgan fingerprint density at radius 3 is 2.66 bits per heavy atom. The van der Waals surface area contributed by atoms with Crippen molar-refractivity contribution in [2.75, 3.05) is 25.5 Å². The topological polar surface area (TPSA) is 113 Å². The van der Waals surface area contributed by atoms with Crippen LogP contribution in [0.5, 0.6) is 6.01 Å². The van der Waals surface area contributed by atoms with Gasteiger partial charge in [0.05, 0.1) is 12.8 Å². The molecule has 0 bridgehead atoms. The molecule has 2 aromatic carbocycles. The van der Waals surface area contributed by atoms with E-state index in [4.69, 9.17) is 21.4 Å². The van der Waals surface area contributed by atoms with Crippen LogP contribution in [-0.4, -0.2) is 47.2 Å². The van der Waals surface area contributed by atoms with Gasteiger partial charge in [0, 0.05) is 28.8 Å². The molecule has 8 nitrogen and oxygen atoms in total. The third-order valence-corrected chi connectivity index (χ3v) is 4.95. The molecule has 0 aliphatic carbocycles. The number of benzene rings is 2. The summed E-state index contributed by atoms with van der Waals surface area (Å²) in [6, 6.07) is 14.5. The van der Waals surface area contributed by atoms with Crippen molar-refractivity contribution in [2.45, 2.75) is 13.3 Å². The third kappa shape index (κ3) is 6.18. The molecule has 0 fully saturated rings. The number of nitrogens with one attached hydrogen (secondary N) is 2. The Morgan fingerprint density at radius 2 is 1.94 bits per heavy atom. The highest BCUT2D eigenvalue weighted by atomic mass is 35.5. The maximum atomic E-state index is 12.2. The van der Waals surface area contributed by atoms with E-state index in [0.717, 1.165) is 12.0 Å². The minimum atomic E-state index is -1.11. The summed E-state index contributed by atoms with van der Waals surface area (Å²) in [6.45, 7) is 2.21. The minimum absolute atomic E-state index is 0.188.